The molecule has 12 nitrogen and oxygen atoms in total. The number of aliphatic carboxylic acids is 1. The van der Waals surface area contributed by atoms with Crippen LogP contribution < -0.4 is 0 Å². The van der Waals surface area contributed by atoms with Crippen LogP contribution >= 0.6 is 0 Å². The van der Waals surface area contributed by atoms with Crippen LogP contribution in [0.3, 0.4) is 0 Å². The minimum atomic E-state index is -4.65. The van der Waals surface area contributed by atoms with Crippen LogP contribution in [-0.4, -0.2) is 70.7 Å². The summed E-state index contributed by atoms with van der Waals surface area (Å²) in [5.41, 5.74) is -1.24. The first-order chi connectivity index (χ1) is 16.8. The highest BCUT2D eigenvalue weighted by molar-refractivity contribution is 7.89. The number of carbonyl (C=O) groups is 2. The Labute approximate surface area is 208 Å². The Hall–Kier alpha value is -3.29. The largest absolute Gasteiger partial charge is 0.479 e. The smallest absolute Gasteiger partial charge is 0.411 e. The zero-order chi connectivity index (χ0) is 26.8. The molecule has 0 saturated heterocycles. The fourth-order valence-corrected chi connectivity index (χ4v) is 5.46. The molecule has 0 bridgehead atoms. The van der Waals surface area contributed by atoms with Crippen molar-refractivity contribution in [3.63, 3.8) is 0 Å². The number of para-hydroxylation sites is 1. The Kier molecular flexibility index (Phi) is 7.86. The number of hydrogen-bond donors (Lipinski definition) is 1. The third-order valence-corrected chi connectivity index (χ3v) is 7.22. The molecular formula is C23H29N3O9S. The van der Waals surface area contributed by atoms with Crippen molar-refractivity contribution in [2.24, 2.45) is 5.92 Å². The van der Waals surface area contributed by atoms with Crippen molar-refractivity contribution >= 4 is 27.8 Å². The van der Waals surface area contributed by atoms with Gasteiger partial charge in [0.05, 0.1) is 17.6 Å². The second-order valence-corrected chi connectivity index (χ2v) is 11.2. The van der Waals surface area contributed by atoms with Crippen LogP contribution in [0.25, 0.3) is 0 Å². The Morgan fingerprint density at radius 2 is 1.94 bits per heavy atom. The minimum Gasteiger partial charge on any atom is -0.479 e. The number of benzene rings is 1. The molecule has 1 aliphatic carbocycles. The average molecular weight is 524 g/mol. The standard InChI is InChI=1S/C23H29N3O9S/c1-5-12-34-26(36(32,33)19-9-7-6-8-18(19)25(30)31)16-13-17(15-10-11-15)20(21(27)28)24(14-16)22(29)35-23(2,3)4/h5-9,13,15-16,20H,1,10-12,14H2,2-4H3,(H,27,28)/t16-,20+/m1/s1. The Morgan fingerprint density at radius 3 is 2.47 bits per heavy atom. The molecule has 0 unspecified atom stereocenters. The number of amides is 1. The number of nitrogens with zero attached hydrogens (tertiary/aromatic N) is 3. The van der Waals surface area contributed by atoms with Crippen LogP contribution in [-0.2, 0) is 24.4 Å². The number of hydrogen-bond acceptors (Lipinski definition) is 8. The maximum Gasteiger partial charge on any atom is 0.411 e. The number of rotatable bonds is 9. The summed E-state index contributed by atoms with van der Waals surface area (Å²) in [6.45, 7) is 7.70. The van der Waals surface area contributed by atoms with E-state index >= 15 is 0 Å². The van der Waals surface area contributed by atoms with E-state index in [1.54, 1.807) is 20.8 Å². The van der Waals surface area contributed by atoms with E-state index in [0.717, 1.165) is 17.0 Å². The van der Waals surface area contributed by atoms with Crippen LogP contribution in [0, 0.1) is 16.0 Å². The van der Waals surface area contributed by atoms with Crippen molar-refractivity contribution in [3.05, 3.63) is 58.7 Å². The fourth-order valence-electron chi connectivity index (χ4n) is 3.93. The van der Waals surface area contributed by atoms with Gasteiger partial charge in [-0.3, -0.25) is 19.9 Å². The van der Waals surface area contributed by atoms with Crippen molar-refractivity contribution in [2.75, 3.05) is 13.2 Å². The lowest BCUT2D eigenvalue weighted by molar-refractivity contribution is -0.388. The van der Waals surface area contributed by atoms with E-state index in [0.29, 0.717) is 22.9 Å². The molecule has 0 radical (unpaired) electrons. The van der Waals surface area contributed by atoms with Gasteiger partial charge >= 0.3 is 12.1 Å². The number of ether oxygens (including phenoxy) is 1. The fraction of sp³-hybridized carbons (Fsp3) is 0.478. The molecule has 1 aliphatic heterocycles. The Balaban J connectivity index is 2.13. The first kappa shape index (κ1) is 27.3. The zero-order valence-electron chi connectivity index (χ0n) is 20.2. The predicted molar refractivity (Wildman–Crippen MR) is 127 cm³/mol. The first-order valence-electron chi connectivity index (χ1n) is 11.2. The van der Waals surface area contributed by atoms with E-state index in [9.17, 15) is 33.2 Å². The van der Waals surface area contributed by atoms with Crippen LogP contribution in [0.1, 0.15) is 33.6 Å². The van der Waals surface area contributed by atoms with Gasteiger partial charge in [0.1, 0.15) is 5.60 Å². The number of sulfonamides is 1. The molecule has 1 fully saturated rings. The monoisotopic (exact) mass is 523 g/mol. The Morgan fingerprint density at radius 1 is 1.31 bits per heavy atom. The topological polar surface area (TPSA) is 157 Å². The predicted octanol–water partition coefficient (Wildman–Crippen LogP) is 3.11. The highest BCUT2D eigenvalue weighted by Crippen LogP contribution is 2.42. The lowest BCUT2D eigenvalue weighted by Gasteiger charge is -2.40. The third kappa shape index (κ3) is 5.91. The molecule has 0 spiro atoms. The van der Waals surface area contributed by atoms with E-state index in [1.807, 2.05) is 0 Å². The molecule has 2 aliphatic rings. The Bertz CT molecular complexity index is 1190. The molecule has 1 heterocycles. The molecule has 1 amide bonds. The highest BCUT2D eigenvalue weighted by Gasteiger charge is 2.48. The van der Waals surface area contributed by atoms with Gasteiger partial charge in [-0.2, -0.15) is 0 Å². The quantitative estimate of drug-likeness (QED) is 0.292. The van der Waals surface area contributed by atoms with Gasteiger partial charge in [-0.1, -0.05) is 28.8 Å². The molecule has 0 aromatic heterocycles. The molecule has 196 valence electrons. The molecule has 36 heavy (non-hydrogen) atoms. The average Bonchev–Trinajstić information content (AvgIpc) is 3.62. The summed E-state index contributed by atoms with van der Waals surface area (Å²) < 4.78 is 33.3. The normalized spacial score (nSPS) is 20.6. The van der Waals surface area contributed by atoms with Gasteiger partial charge in [-0.05, 0) is 51.2 Å². The van der Waals surface area contributed by atoms with Crippen LogP contribution in [0.4, 0.5) is 10.5 Å². The second kappa shape index (κ2) is 10.4. The number of carboxylic acid groups (broad SMARTS) is 1. The molecular weight excluding hydrogens is 494 g/mol. The molecule has 1 aromatic rings. The summed E-state index contributed by atoms with van der Waals surface area (Å²) in [5.74, 6) is -1.44. The van der Waals surface area contributed by atoms with Crippen molar-refractivity contribution in [1.82, 2.24) is 9.37 Å². The SMILES string of the molecule is C=CCON([C@@H]1C=C(C2CC2)[C@@H](C(=O)O)N(C(=O)OC(C)(C)C)C1)S(=O)(=O)c1ccccc1[N+](=O)[O-]. The van der Waals surface area contributed by atoms with Gasteiger partial charge in [-0.25, -0.2) is 18.0 Å². The summed E-state index contributed by atoms with van der Waals surface area (Å²) in [6.07, 6.45) is 3.18. The van der Waals surface area contributed by atoms with Gasteiger partial charge in [-0.15, -0.1) is 6.58 Å². The summed E-state index contributed by atoms with van der Waals surface area (Å²) in [5, 5.41) is 21.5. The van der Waals surface area contributed by atoms with E-state index in [-0.39, 0.29) is 12.5 Å². The van der Waals surface area contributed by atoms with Crippen molar-refractivity contribution < 1.29 is 37.6 Å². The summed E-state index contributed by atoms with van der Waals surface area (Å²) in [4.78, 5) is 41.9. The second-order valence-electron chi connectivity index (χ2n) is 9.45. The zero-order valence-corrected chi connectivity index (χ0v) is 21.0. The number of hydroxylamine groups is 1. The maximum absolute atomic E-state index is 13.7. The third-order valence-electron chi connectivity index (χ3n) is 5.47. The van der Waals surface area contributed by atoms with Gasteiger partial charge in [0.15, 0.2) is 10.9 Å². The number of carbonyl (C=O) groups excluding carboxylic acids is 1. The molecule has 13 heteroatoms. The molecule has 3 rings (SSSR count). The van der Waals surface area contributed by atoms with Gasteiger partial charge in [0, 0.05) is 12.6 Å². The minimum absolute atomic E-state index is 0.158. The molecule has 1 saturated carbocycles. The number of carboxylic acids is 1. The van der Waals surface area contributed by atoms with Gasteiger partial charge < -0.3 is 9.84 Å². The van der Waals surface area contributed by atoms with Gasteiger partial charge in [0.25, 0.3) is 15.7 Å². The van der Waals surface area contributed by atoms with Gasteiger partial charge in [0.2, 0.25) is 0 Å². The highest BCUT2D eigenvalue weighted by atomic mass is 32.2. The van der Waals surface area contributed by atoms with E-state index in [2.05, 4.69) is 6.58 Å². The summed E-state index contributed by atoms with van der Waals surface area (Å²) in [7, 11) is -4.65. The lowest BCUT2D eigenvalue weighted by atomic mass is 9.94. The van der Waals surface area contributed by atoms with Crippen molar-refractivity contribution in [3.8, 4) is 0 Å². The number of nitro benzene ring substituents is 1. The molecule has 1 N–H and O–H groups in total. The lowest BCUT2D eigenvalue weighted by Crippen LogP contribution is -2.57. The van der Waals surface area contributed by atoms with E-state index < -0.39 is 61.8 Å². The first-order valence-corrected chi connectivity index (χ1v) is 12.7. The molecule has 1 aromatic carbocycles. The van der Waals surface area contributed by atoms with Crippen LogP contribution in [0.2, 0.25) is 0 Å². The van der Waals surface area contributed by atoms with Crippen LogP contribution in [0.15, 0.2) is 53.5 Å². The van der Waals surface area contributed by atoms with Crippen LogP contribution in [0.5, 0.6) is 0 Å². The van der Waals surface area contributed by atoms with E-state index in [1.165, 1.54) is 24.3 Å². The van der Waals surface area contributed by atoms with E-state index in [4.69, 9.17) is 9.57 Å². The molecule has 2 atom stereocenters. The van der Waals surface area contributed by atoms with Crippen molar-refractivity contribution in [1.29, 1.82) is 0 Å². The maximum atomic E-state index is 13.7. The van der Waals surface area contributed by atoms with Crippen molar-refractivity contribution in [2.45, 2.75) is 56.2 Å². The summed E-state index contributed by atoms with van der Waals surface area (Å²) >= 11 is 0. The summed E-state index contributed by atoms with van der Waals surface area (Å²) in [6, 6.07) is 2.27. The number of nitro groups is 1.